The van der Waals surface area contributed by atoms with Crippen LogP contribution < -0.4 is 14.6 Å². The normalized spacial score (nSPS) is 16.0. The number of hydrogen-bond acceptors (Lipinski definition) is 5. The maximum absolute atomic E-state index is 13.5. The summed E-state index contributed by atoms with van der Waals surface area (Å²) in [5.41, 5.74) is 1.69. The van der Waals surface area contributed by atoms with E-state index in [1.165, 1.54) is 31.1 Å². The van der Waals surface area contributed by atoms with E-state index in [0.717, 1.165) is 22.2 Å². The molecule has 1 aliphatic rings. The Balaban J connectivity index is 1.97. The number of amidine groups is 1. The standard InChI is InChI=1S/C25H21BrF3N3O2/c1-15-7-10-19(11-8-15)32-24(21-14-18(26)9-12-22(21)34-3)31(23(30-32)16(2)33)20-6-4-5-17(13-20)25(27,28)29/h4-14,24H,1-3H3. The van der Waals surface area contributed by atoms with E-state index < -0.39 is 17.9 Å². The van der Waals surface area contributed by atoms with Gasteiger partial charge in [-0.1, -0.05) is 39.7 Å². The fourth-order valence-electron chi connectivity index (χ4n) is 3.84. The lowest BCUT2D eigenvalue weighted by molar-refractivity contribution is -0.137. The van der Waals surface area contributed by atoms with Crippen molar-refractivity contribution < 1.29 is 22.7 Å². The summed E-state index contributed by atoms with van der Waals surface area (Å²) in [6, 6.07) is 17.7. The molecule has 0 fully saturated rings. The van der Waals surface area contributed by atoms with Crippen LogP contribution in [0.25, 0.3) is 0 Å². The molecule has 1 aliphatic heterocycles. The predicted octanol–water partition coefficient (Wildman–Crippen LogP) is 6.71. The van der Waals surface area contributed by atoms with Crippen molar-refractivity contribution in [2.75, 3.05) is 17.0 Å². The molecule has 0 amide bonds. The first kappa shape index (κ1) is 23.8. The van der Waals surface area contributed by atoms with Crippen molar-refractivity contribution >= 4 is 38.9 Å². The van der Waals surface area contributed by atoms with E-state index in [4.69, 9.17) is 4.74 Å². The minimum Gasteiger partial charge on any atom is -0.496 e. The van der Waals surface area contributed by atoms with Gasteiger partial charge in [-0.2, -0.15) is 13.2 Å². The van der Waals surface area contributed by atoms with E-state index in [-0.39, 0.29) is 17.3 Å². The van der Waals surface area contributed by atoms with Gasteiger partial charge in [0.15, 0.2) is 17.8 Å². The van der Waals surface area contributed by atoms with E-state index in [1.54, 1.807) is 17.1 Å². The number of halogens is 4. The Hall–Kier alpha value is -3.33. The van der Waals surface area contributed by atoms with E-state index in [9.17, 15) is 18.0 Å². The van der Waals surface area contributed by atoms with Crippen molar-refractivity contribution in [3.05, 3.63) is 87.9 Å². The first-order valence-corrected chi connectivity index (χ1v) is 11.1. The van der Waals surface area contributed by atoms with Gasteiger partial charge in [0.25, 0.3) is 0 Å². The van der Waals surface area contributed by atoms with Gasteiger partial charge >= 0.3 is 6.18 Å². The summed E-state index contributed by atoms with van der Waals surface area (Å²) in [5.74, 6) is 0.139. The van der Waals surface area contributed by atoms with E-state index >= 15 is 0 Å². The minimum absolute atomic E-state index is 0.0203. The first-order valence-electron chi connectivity index (χ1n) is 10.4. The third-order valence-corrected chi connectivity index (χ3v) is 5.94. The smallest absolute Gasteiger partial charge is 0.416 e. The zero-order chi connectivity index (χ0) is 24.6. The molecular weight excluding hydrogens is 511 g/mol. The van der Waals surface area contributed by atoms with Crippen LogP contribution in [0.2, 0.25) is 0 Å². The molecule has 5 nitrogen and oxygen atoms in total. The molecule has 3 aromatic carbocycles. The molecule has 0 spiro atoms. The lowest BCUT2D eigenvalue weighted by Crippen LogP contribution is -2.38. The number of carbonyl (C=O) groups excluding carboxylic acids is 1. The Kier molecular flexibility index (Phi) is 6.40. The highest BCUT2D eigenvalue weighted by atomic mass is 79.9. The van der Waals surface area contributed by atoms with Crippen LogP contribution in [0.5, 0.6) is 5.75 Å². The summed E-state index contributed by atoms with van der Waals surface area (Å²) >= 11 is 3.47. The van der Waals surface area contributed by atoms with Crippen LogP contribution in [0.1, 0.15) is 29.8 Å². The van der Waals surface area contributed by atoms with Gasteiger partial charge in [0.1, 0.15) is 5.75 Å². The molecule has 0 saturated heterocycles. The topological polar surface area (TPSA) is 45.1 Å². The number of benzene rings is 3. The molecule has 0 radical (unpaired) electrons. The Labute approximate surface area is 203 Å². The largest absolute Gasteiger partial charge is 0.496 e. The molecule has 0 saturated carbocycles. The average Bonchev–Trinajstić information content (AvgIpc) is 3.20. The average molecular weight is 532 g/mol. The fourth-order valence-corrected chi connectivity index (χ4v) is 4.22. The number of ether oxygens (including phenoxy) is 1. The van der Waals surface area contributed by atoms with Crippen LogP contribution in [0, 0.1) is 6.92 Å². The first-order chi connectivity index (χ1) is 16.1. The molecule has 1 heterocycles. The molecule has 4 rings (SSSR count). The van der Waals surface area contributed by atoms with Crippen molar-refractivity contribution in [2.45, 2.75) is 26.2 Å². The number of anilines is 2. The molecule has 0 bridgehead atoms. The number of ketones is 1. The number of rotatable bonds is 5. The van der Waals surface area contributed by atoms with Gasteiger partial charge in [0.2, 0.25) is 0 Å². The van der Waals surface area contributed by atoms with E-state index in [1.807, 2.05) is 37.3 Å². The molecule has 1 unspecified atom stereocenters. The fraction of sp³-hybridized carbons (Fsp3) is 0.200. The highest BCUT2D eigenvalue weighted by Gasteiger charge is 2.41. The van der Waals surface area contributed by atoms with Gasteiger partial charge in [-0.05, 0) is 55.5 Å². The summed E-state index contributed by atoms with van der Waals surface area (Å²) in [7, 11) is 1.51. The number of Topliss-reactive ketones (excluding diaryl/α,β-unsaturated/α-hetero) is 1. The quantitative estimate of drug-likeness (QED) is 0.367. The van der Waals surface area contributed by atoms with Crippen LogP contribution in [-0.4, -0.2) is 18.7 Å². The molecule has 9 heteroatoms. The van der Waals surface area contributed by atoms with Crippen LogP contribution in [0.15, 0.2) is 76.3 Å². The second-order valence-electron chi connectivity index (χ2n) is 7.84. The molecule has 34 heavy (non-hydrogen) atoms. The Bertz CT molecular complexity index is 1260. The van der Waals surface area contributed by atoms with Crippen LogP contribution >= 0.6 is 15.9 Å². The molecule has 0 N–H and O–H groups in total. The second-order valence-corrected chi connectivity index (χ2v) is 8.75. The van der Waals surface area contributed by atoms with Gasteiger partial charge in [0, 0.05) is 22.6 Å². The van der Waals surface area contributed by atoms with Crippen LogP contribution in [-0.2, 0) is 11.0 Å². The third kappa shape index (κ3) is 4.52. The van der Waals surface area contributed by atoms with Gasteiger partial charge in [-0.25, -0.2) is 5.01 Å². The highest BCUT2D eigenvalue weighted by molar-refractivity contribution is 9.10. The number of hydrazone groups is 1. The highest BCUT2D eigenvalue weighted by Crippen LogP contribution is 2.44. The predicted molar refractivity (Wildman–Crippen MR) is 129 cm³/mol. The third-order valence-electron chi connectivity index (χ3n) is 5.44. The lowest BCUT2D eigenvalue weighted by Gasteiger charge is -2.33. The van der Waals surface area contributed by atoms with Crippen LogP contribution in [0.4, 0.5) is 24.5 Å². The monoisotopic (exact) mass is 531 g/mol. The van der Waals surface area contributed by atoms with Gasteiger partial charge in [0.05, 0.1) is 18.4 Å². The van der Waals surface area contributed by atoms with Crippen molar-refractivity contribution in [1.82, 2.24) is 0 Å². The molecular formula is C25H21BrF3N3O2. The minimum atomic E-state index is -4.54. The summed E-state index contributed by atoms with van der Waals surface area (Å²) in [6.07, 6.45) is -5.32. The van der Waals surface area contributed by atoms with E-state index in [2.05, 4.69) is 21.0 Å². The number of alkyl halides is 3. The van der Waals surface area contributed by atoms with Gasteiger partial charge < -0.3 is 4.74 Å². The van der Waals surface area contributed by atoms with E-state index in [0.29, 0.717) is 17.0 Å². The number of aryl methyl sites for hydroxylation is 1. The number of methoxy groups -OCH3 is 1. The summed E-state index contributed by atoms with van der Waals surface area (Å²) in [6.45, 7) is 3.29. The van der Waals surface area contributed by atoms with Crippen molar-refractivity contribution in [1.29, 1.82) is 0 Å². The maximum Gasteiger partial charge on any atom is 0.416 e. The summed E-state index contributed by atoms with van der Waals surface area (Å²) in [4.78, 5) is 14.2. The molecule has 3 aromatic rings. The zero-order valence-electron chi connectivity index (χ0n) is 18.6. The lowest BCUT2D eigenvalue weighted by atomic mass is 10.1. The van der Waals surface area contributed by atoms with Gasteiger partial charge in [-0.15, -0.1) is 5.10 Å². The van der Waals surface area contributed by atoms with Crippen molar-refractivity contribution in [3.8, 4) is 5.75 Å². The Morgan fingerprint density at radius 3 is 2.35 bits per heavy atom. The van der Waals surface area contributed by atoms with Gasteiger partial charge in [-0.3, -0.25) is 9.69 Å². The Morgan fingerprint density at radius 2 is 1.74 bits per heavy atom. The SMILES string of the molecule is COc1ccc(Br)cc1C1N(c2ccc(C)cc2)N=C(C(C)=O)N1c1cccc(C(F)(F)F)c1. The number of hydrogen-bond donors (Lipinski definition) is 0. The summed E-state index contributed by atoms with van der Waals surface area (Å²) < 4.78 is 46.9. The number of nitrogens with zero attached hydrogens (tertiary/aromatic N) is 3. The molecule has 176 valence electrons. The summed E-state index contributed by atoms with van der Waals surface area (Å²) in [5, 5.41) is 6.20. The second kappa shape index (κ2) is 9.13. The molecule has 1 atom stereocenters. The zero-order valence-corrected chi connectivity index (χ0v) is 20.2. The maximum atomic E-state index is 13.5. The van der Waals surface area contributed by atoms with Crippen molar-refractivity contribution in [3.63, 3.8) is 0 Å². The van der Waals surface area contributed by atoms with Crippen LogP contribution in [0.3, 0.4) is 0 Å². The number of carbonyl (C=O) groups is 1. The molecule has 0 aromatic heterocycles. The van der Waals surface area contributed by atoms with Crippen molar-refractivity contribution in [2.24, 2.45) is 5.10 Å². The Morgan fingerprint density at radius 1 is 1.03 bits per heavy atom. The molecule has 0 aliphatic carbocycles.